The summed E-state index contributed by atoms with van der Waals surface area (Å²) in [6, 6.07) is -1.39. The number of fused-ring (bicyclic) bond motifs is 1. The van der Waals surface area contributed by atoms with E-state index in [1.807, 2.05) is 6.92 Å². The number of nitrogens with zero attached hydrogens (tertiary/aromatic N) is 1. The summed E-state index contributed by atoms with van der Waals surface area (Å²) in [4.78, 5) is 36.7. The van der Waals surface area contributed by atoms with Crippen molar-refractivity contribution in [1.82, 2.24) is 4.90 Å². The van der Waals surface area contributed by atoms with E-state index in [4.69, 9.17) is 0 Å². The van der Waals surface area contributed by atoms with Crippen molar-refractivity contribution < 1.29 is 27.9 Å². The summed E-state index contributed by atoms with van der Waals surface area (Å²) < 4.78 is 22.4. The van der Waals surface area contributed by atoms with Crippen molar-refractivity contribution in [3.8, 4) is 0 Å². The van der Waals surface area contributed by atoms with E-state index < -0.39 is 45.5 Å². The second kappa shape index (κ2) is 5.40. The number of aliphatic carboxylic acids is 1. The minimum absolute atomic E-state index is 0.263. The van der Waals surface area contributed by atoms with Crippen molar-refractivity contribution in [2.45, 2.75) is 32.2 Å². The average molecular weight is 317 g/mol. The maximum Gasteiger partial charge on any atom is 0.326 e. The molecular formula is C13H19NO6S. The van der Waals surface area contributed by atoms with Gasteiger partial charge in [0.25, 0.3) is 0 Å². The zero-order valence-electron chi connectivity index (χ0n) is 12.0. The molecule has 0 aromatic rings. The van der Waals surface area contributed by atoms with Gasteiger partial charge in [-0.2, -0.15) is 0 Å². The largest absolute Gasteiger partial charge is 0.480 e. The number of amides is 2. The molecule has 1 aliphatic carbocycles. The van der Waals surface area contributed by atoms with E-state index in [1.165, 1.54) is 0 Å². The Balaban J connectivity index is 2.20. The fourth-order valence-corrected chi connectivity index (χ4v) is 3.95. The lowest BCUT2D eigenvalue weighted by atomic mass is 10.00. The van der Waals surface area contributed by atoms with Crippen LogP contribution in [0.5, 0.6) is 0 Å². The number of carbonyl (C=O) groups is 3. The third-order valence-corrected chi connectivity index (χ3v) is 5.24. The molecule has 2 fully saturated rings. The number of carbonyl (C=O) groups excluding carboxylic acids is 2. The van der Waals surface area contributed by atoms with E-state index in [1.54, 1.807) is 0 Å². The standard InChI is InChI=1S/C13H19NO6S/c1-7-5-8-9(6-7)12(16)14(11(8)15)10(13(17)18)3-4-21(2,19)20/h7-10H,3-6H2,1-2H3,(H,17,18). The van der Waals surface area contributed by atoms with Crippen LogP contribution in [0.1, 0.15) is 26.2 Å². The summed E-state index contributed by atoms with van der Waals surface area (Å²) >= 11 is 0. The highest BCUT2D eigenvalue weighted by Crippen LogP contribution is 2.43. The summed E-state index contributed by atoms with van der Waals surface area (Å²) in [5.74, 6) is -3.24. The summed E-state index contributed by atoms with van der Waals surface area (Å²) in [7, 11) is -3.36. The number of imide groups is 1. The van der Waals surface area contributed by atoms with Crippen molar-refractivity contribution in [1.29, 1.82) is 0 Å². The van der Waals surface area contributed by atoms with Gasteiger partial charge in [0.05, 0.1) is 17.6 Å². The van der Waals surface area contributed by atoms with Crippen LogP contribution in [0.3, 0.4) is 0 Å². The first-order valence-electron chi connectivity index (χ1n) is 6.89. The zero-order valence-corrected chi connectivity index (χ0v) is 12.8. The Hall–Kier alpha value is -1.44. The van der Waals surface area contributed by atoms with Gasteiger partial charge in [-0.05, 0) is 25.2 Å². The third-order valence-electron chi connectivity index (χ3n) is 4.27. The van der Waals surface area contributed by atoms with Gasteiger partial charge < -0.3 is 5.11 Å². The third kappa shape index (κ3) is 3.09. The molecule has 2 amide bonds. The van der Waals surface area contributed by atoms with Gasteiger partial charge in [0, 0.05) is 6.26 Å². The molecule has 2 aliphatic rings. The van der Waals surface area contributed by atoms with E-state index in [0.29, 0.717) is 12.8 Å². The molecule has 0 aromatic heterocycles. The summed E-state index contributed by atoms with van der Waals surface area (Å²) in [6.07, 6.45) is 1.91. The highest BCUT2D eigenvalue weighted by molar-refractivity contribution is 7.90. The molecule has 7 nitrogen and oxygen atoms in total. The number of rotatable bonds is 5. The average Bonchev–Trinajstić information content (AvgIpc) is 2.81. The molecule has 0 bridgehead atoms. The molecule has 1 heterocycles. The van der Waals surface area contributed by atoms with Crippen LogP contribution in [0, 0.1) is 17.8 Å². The van der Waals surface area contributed by atoms with Crippen LogP contribution in [0.15, 0.2) is 0 Å². The number of sulfone groups is 1. The van der Waals surface area contributed by atoms with E-state index in [2.05, 4.69) is 0 Å². The molecule has 0 aromatic carbocycles. The maximum atomic E-state index is 12.3. The van der Waals surface area contributed by atoms with Crippen LogP contribution in [-0.2, 0) is 24.2 Å². The second-order valence-electron chi connectivity index (χ2n) is 6.11. The lowest BCUT2D eigenvalue weighted by Gasteiger charge is -2.24. The van der Waals surface area contributed by atoms with Gasteiger partial charge >= 0.3 is 5.97 Å². The molecule has 118 valence electrons. The van der Waals surface area contributed by atoms with E-state index in [-0.39, 0.29) is 18.1 Å². The minimum Gasteiger partial charge on any atom is -0.480 e. The molecule has 21 heavy (non-hydrogen) atoms. The Bertz CT molecular complexity index is 559. The lowest BCUT2D eigenvalue weighted by molar-refractivity contribution is -0.155. The van der Waals surface area contributed by atoms with Crippen molar-refractivity contribution in [3.63, 3.8) is 0 Å². The van der Waals surface area contributed by atoms with Gasteiger partial charge in [0.2, 0.25) is 11.8 Å². The van der Waals surface area contributed by atoms with Gasteiger partial charge in [-0.25, -0.2) is 13.2 Å². The molecule has 1 saturated heterocycles. The quantitative estimate of drug-likeness (QED) is 0.710. The van der Waals surface area contributed by atoms with Gasteiger partial charge in [0.1, 0.15) is 15.9 Å². The number of hydrogen-bond acceptors (Lipinski definition) is 5. The maximum absolute atomic E-state index is 12.3. The van der Waals surface area contributed by atoms with Crippen LogP contribution in [0.25, 0.3) is 0 Å². The first-order valence-corrected chi connectivity index (χ1v) is 8.95. The first-order chi connectivity index (χ1) is 9.61. The fraction of sp³-hybridized carbons (Fsp3) is 0.769. The van der Waals surface area contributed by atoms with E-state index in [9.17, 15) is 27.9 Å². The van der Waals surface area contributed by atoms with E-state index in [0.717, 1.165) is 11.2 Å². The number of hydrogen-bond donors (Lipinski definition) is 1. The highest BCUT2D eigenvalue weighted by Gasteiger charge is 2.54. The fourth-order valence-electron chi connectivity index (χ4n) is 3.30. The number of carboxylic acids is 1. The number of likely N-dealkylation sites (tertiary alicyclic amines) is 1. The monoisotopic (exact) mass is 317 g/mol. The lowest BCUT2D eigenvalue weighted by Crippen LogP contribution is -2.46. The minimum atomic E-state index is -3.36. The van der Waals surface area contributed by atoms with Crippen LogP contribution in [-0.4, -0.2) is 54.3 Å². The summed E-state index contributed by atoms with van der Waals surface area (Å²) in [6.45, 7) is 1.96. The van der Waals surface area contributed by atoms with Gasteiger partial charge in [-0.1, -0.05) is 6.92 Å². The van der Waals surface area contributed by atoms with Gasteiger partial charge in [-0.3, -0.25) is 14.5 Å². The molecule has 0 spiro atoms. The zero-order chi connectivity index (χ0) is 15.9. The molecule has 3 unspecified atom stereocenters. The first kappa shape index (κ1) is 15.9. The predicted molar refractivity (Wildman–Crippen MR) is 73.0 cm³/mol. The second-order valence-corrected chi connectivity index (χ2v) is 8.37. The van der Waals surface area contributed by atoms with Gasteiger partial charge in [-0.15, -0.1) is 0 Å². The summed E-state index contributed by atoms with van der Waals surface area (Å²) in [5, 5.41) is 9.24. The smallest absolute Gasteiger partial charge is 0.326 e. The Morgan fingerprint density at radius 3 is 2.14 bits per heavy atom. The topological polar surface area (TPSA) is 109 Å². The molecule has 3 atom stereocenters. The molecular weight excluding hydrogens is 298 g/mol. The Morgan fingerprint density at radius 1 is 1.29 bits per heavy atom. The predicted octanol–water partition coefficient (Wildman–Crippen LogP) is -0.0946. The Kier molecular flexibility index (Phi) is 4.10. The molecule has 0 radical (unpaired) electrons. The molecule has 2 rings (SSSR count). The molecule has 1 N–H and O–H groups in total. The van der Waals surface area contributed by atoms with Crippen molar-refractivity contribution >= 4 is 27.6 Å². The van der Waals surface area contributed by atoms with Gasteiger partial charge in [0.15, 0.2) is 0 Å². The normalized spacial score (nSPS) is 30.6. The SMILES string of the molecule is CC1CC2C(=O)N(C(CCS(C)(=O)=O)C(=O)O)C(=O)C2C1. The molecule has 8 heteroatoms. The van der Waals surface area contributed by atoms with Crippen LogP contribution in [0.2, 0.25) is 0 Å². The Morgan fingerprint density at radius 2 is 1.76 bits per heavy atom. The number of carboxylic acid groups (broad SMARTS) is 1. The van der Waals surface area contributed by atoms with E-state index >= 15 is 0 Å². The van der Waals surface area contributed by atoms with Crippen LogP contribution >= 0.6 is 0 Å². The Labute approximate surface area is 123 Å². The molecule has 1 saturated carbocycles. The summed E-state index contributed by atoms with van der Waals surface area (Å²) in [5.41, 5.74) is 0. The van der Waals surface area contributed by atoms with Crippen molar-refractivity contribution in [2.75, 3.05) is 12.0 Å². The van der Waals surface area contributed by atoms with Crippen molar-refractivity contribution in [2.24, 2.45) is 17.8 Å². The van der Waals surface area contributed by atoms with Crippen LogP contribution in [0.4, 0.5) is 0 Å². The van der Waals surface area contributed by atoms with Crippen molar-refractivity contribution in [3.05, 3.63) is 0 Å². The highest BCUT2D eigenvalue weighted by atomic mass is 32.2. The molecule has 1 aliphatic heterocycles. The van der Waals surface area contributed by atoms with Crippen LogP contribution < -0.4 is 0 Å².